The number of carbonyl (C=O) groups is 2. The Bertz CT molecular complexity index is 1500. The summed E-state index contributed by atoms with van der Waals surface area (Å²) in [5.41, 5.74) is -0.300. The quantitative estimate of drug-likeness (QED) is 0.287. The lowest BCUT2D eigenvalue weighted by molar-refractivity contribution is -0.140. The van der Waals surface area contributed by atoms with Gasteiger partial charge in [0.15, 0.2) is 0 Å². The summed E-state index contributed by atoms with van der Waals surface area (Å²) in [6.45, 7) is 8.18. The molecule has 2 amide bonds. The van der Waals surface area contributed by atoms with Gasteiger partial charge >= 0.3 is 6.18 Å². The highest BCUT2D eigenvalue weighted by Crippen LogP contribution is 2.33. The van der Waals surface area contributed by atoms with Gasteiger partial charge in [0.25, 0.3) is 10.0 Å². The number of nitrogens with one attached hydrogen (secondary N) is 1. The molecule has 0 fully saturated rings. The van der Waals surface area contributed by atoms with E-state index >= 15 is 0 Å². The van der Waals surface area contributed by atoms with Crippen LogP contribution in [0.2, 0.25) is 0 Å². The van der Waals surface area contributed by atoms with Gasteiger partial charge in [-0.3, -0.25) is 13.9 Å². The first-order valence-corrected chi connectivity index (χ1v) is 15.4. The van der Waals surface area contributed by atoms with Crippen LogP contribution in [0.25, 0.3) is 0 Å². The number of halogens is 3. The van der Waals surface area contributed by atoms with Crippen LogP contribution in [0.1, 0.15) is 50.8 Å². The highest BCUT2D eigenvalue weighted by Gasteiger charge is 2.36. The molecule has 43 heavy (non-hydrogen) atoms. The van der Waals surface area contributed by atoms with Gasteiger partial charge in [0.05, 0.1) is 16.1 Å². The van der Waals surface area contributed by atoms with E-state index in [1.165, 1.54) is 23.1 Å². The predicted molar refractivity (Wildman–Crippen MR) is 161 cm³/mol. The van der Waals surface area contributed by atoms with Crippen molar-refractivity contribution in [2.24, 2.45) is 0 Å². The van der Waals surface area contributed by atoms with E-state index in [-0.39, 0.29) is 23.5 Å². The third-order valence-corrected chi connectivity index (χ3v) is 8.51. The summed E-state index contributed by atoms with van der Waals surface area (Å²) in [6, 6.07) is 18.0. The van der Waals surface area contributed by atoms with Crippen molar-refractivity contribution in [3.8, 4) is 0 Å². The van der Waals surface area contributed by atoms with Crippen LogP contribution in [-0.2, 0) is 32.2 Å². The summed E-state index contributed by atoms with van der Waals surface area (Å²) in [6.07, 6.45) is -4.13. The van der Waals surface area contributed by atoms with Gasteiger partial charge in [-0.05, 0) is 76.4 Å². The molecular formula is C32H38F3N3O4S. The van der Waals surface area contributed by atoms with Crippen LogP contribution in [0.15, 0.2) is 83.8 Å². The lowest BCUT2D eigenvalue weighted by Gasteiger charge is -2.35. The monoisotopic (exact) mass is 617 g/mol. The van der Waals surface area contributed by atoms with Gasteiger partial charge in [-0.15, -0.1) is 0 Å². The van der Waals surface area contributed by atoms with Crippen LogP contribution in [0.3, 0.4) is 0 Å². The molecule has 232 valence electrons. The summed E-state index contributed by atoms with van der Waals surface area (Å²) in [5.74, 6) is -1.14. The number of nitrogens with zero attached hydrogens (tertiary/aromatic N) is 2. The second-order valence-corrected chi connectivity index (χ2v) is 13.2. The fourth-order valence-corrected chi connectivity index (χ4v) is 5.96. The van der Waals surface area contributed by atoms with E-state index in [0.717, 1.165) is 23.3 Å². The van der Waals surface area contributed by atoms with E-state index in [1.54, 1.807) is 46.8 Å². The molecule has 0 heterocycles. The van der Waals surface area contributed by atoms with E-state index < -0.39 is 51.7 Å². The molecule has 7 nitrogen and oxygen atoms in total. The van der Waals surface area contributed by atoms with Crippen molar-refractivity contribution in [3.05, 3.63) is 95.6 Å². The predicted octanol–water partition coefficient (Wildman–Crippen LogP) is 5.97. The zero-order chi connectivity index (χ0) is 32.0. The Labute approximate surface area is 251 Å². The molecule has 3 aromatic rings. The van der Waals surface area contributed by atoms with Gasteiger partial charge in [0, 0.05) is 12.1 Å². The van der Waals surface area contributed by atoms with Crippen molar-refractivity contribution in [2.45, 2.75) is 70.1 Å². The largest absolute Gasteiger partial charge is 0.416 e. The molecule has 1 N–H and O–H groups in total. The number of hydrogen-bond donors (Lipinski definition) is 1. The summed E-state index contributed by atoms with van der Waals surface area (Å²) in [5, 5.41) is 2.88. The maximum atomic E-state index is 14.1. The van der Waals surface area contributed by atoms with Crippen molar-refractivity contribution in [3.63, 3.8) is 0 Å². The third kappa shape index (κ3) is 9.06. The van der Waals surface area contributed by atoms with Gasteiger partial charge in [0.1, 0.15) is 12.6 Å². The molecular weight excluding hydrogens is 579 g/mol. The molecule has 0 aliphatic rings. The number of amides is 2. The standard InChI is InChI=1S/C32H38F3N3O4S/c1-6-28(30(40)36-31(3,4)5)37(20-19-24-11-8-7-9-12-24)29(39)22-38(26-14-10-13-25(21-26)32(33,34)35)43(41,42)27-17-15-23(2)16-18-27/h7-18,21,28H,6,19-20,22H2,1-5H3,(H,36,40). The number of benzene rings is 3. The Balaban J connectivity index is 2.08. The summed E-state index contributed by atoms with van der Waals surface area (Å²) in [7, 11) is -4.49. The lowest BCUT2D eigenvalue weighted by atomic mass is 10.1. The number of aryl methyl sites for hydroxylation is 1. The number of alkyl halides is 3. The number of carbonyl (C=O) groups excluding carboxylic acids is 2. The van der Waals surface area contributed by atoms with Crippen LogP contribution in [0, 0.1) is 6.92 Å². The first kappa shape index (κ1) is 33.6. The Morgan fingerprint density at radius 3 is 2.09 bits per heavy atom. The van der Waals surface area contributed by atoms with Crippen molar-refractivity contribution in [1.29, 1.82) is 0 Å². The van der Waals surface area contributed by atoms with E-state index in [9.17, 15) is 31.2 Å². The lowest BCUT2D eigenvalue weighted by Crippen LogP contribution is -2.56. The highest BCUT2D eigenvalue weighted by atomic mass is 32.2. The van der Waals surface area contributed by atoms with E-state index in [4.69, 9.17) is 0 Å². The molecule has 11 heteroatoms. The van der Waals surface area contributed by atoms with Gasteiger partial charge in [0.2, 0.25) is 11.8 Å². The molecule has 0 saturated heterocycles. The van der Waals surface area contributed by atoms with Crippen LogP contribution in [-0.4, -0.2) is 49.8 Å². The molecule has 0 aromatic heterocycles. The SMILES string of the molecule is CCC(C(=O)NC(C)(C)C)N(CCc1ccccc1)C(=O)CN(c1cccc(C(F)(F)F)c1)S(=O)(=O)c1ccc(C)cc1. The fraction of sp³-hybridized carbons (Fsp3) is 0.375. The summed E-state index contributed by atoms with van der Waals surface area (Å²) in [4.78, 5) is 28.5. The van der Waals surface area contributed by atoms with E-state index in [0.29, 0.717) is 16.8 Å². The van der Waals surface area contributed by atoms with Crippen LogP contribution < -0.4 is 9.62 Å². The molecule has 0 bridgehead atoms. The van der Waals surface area contributed by atoms with Crippen LogP contribution in [0.4, 0.5) is 18.9 Å². The molecule has 0 aliphatic heterocycles. The van der Waals surface area contributed by atoms with Crippen molar-refractivity contribution in [2.75, 3.05) is 17.4 Å². The first-order valence-electron chi connectivity index (χ1n) is 13.9. The second-order valence-electron chi connectivity index (χ2n) is 11.4. The molecule has 3 rings (SSSR count). The van der Waals surface area contributed by atoms with Gasteiger partial charge in [-0.2, -0.15) is 13.2 Å². The summed E-state index contributed by atoms with van der Waals surface area (Å²) < 4.78 is 69.4. The Hall–Kier alpha value is -3.86. The number of anilines is 1. The third-order valence-electron chi connectivity index (χ3n) is 6.72. The minimum absolute atomic E-state index is 0.0833. The average molecular weight is 618 g/mol. The van der Waals surface area contributed by atoms with Crippen LogP contribution >= 0.6 is 0 Å². The zero-order valence-corrected chi connectivity index (χ0v) is 25.8. The Kier molecular flexibility index (Phi) is 10.7. The average Bonchev–Trinajstić information content (AvgIpc) is 2.93. The maximum absolute atomic E-state index is 14.1. The summed E-state index contributed by atoms with van der Waals surface area (Å²) >= 11 is 0. The fourth-order valence-electron chi connectivity index (χ4n) is 4.55. The van der Waals surface area contributed by atoms with E-state index in [1.807, 2.05) is 30.3 Å². The van der Waals surface area contributed by atoms with Gasteiger partial charge < -0.3 is 10.2 Å². The molecule has 1 unspecified atom stereocenters. The molecule has 1 atom stereocenters. The first-order chi connectivity index (χ1) is 20.0. The smallest absolute Gasteiger partial charge is 0.350 e. The van der Waals surface area contributed by atoms with Crippen molar-refractivity contribution >= 4 is 27.5 Å². The molecule has 0 saturated carbocycles. The second kappa shape index (κ2) is 13.6. The van der Waals surface area contributed by atoms with E-state index in [2.05, 4.69) is 5.32 Å². The molecule has 0 aliphatic carbocycles. The zero-order valence-electron chi connectivity index (χ0n) is 25.0. The Morgan fingerprint density at radius 1 is 0.907 bits per heavy atom. The molecule has 3 aromatic carbocycles. The van der Waals surface area contributed by atoms with Crippen LogP contribution in [0.5, 0.6) is 0 Å². The minimum Gasteiger partial charge on any atom is -0.350 e. The van der Waals surface area contributed by atoms with Gasteiger partial charge in [-0.25, -0.2) is 8.42 Å². The topological polar surface area (TPSA) is 86.8 Å². The maximum Gasteiger partial charge on any atom is 0.416 e. The number of rotatable bonds is 11. The van der Waals surface area contributed by atoms with Crippen molar-refractivity contribution < 1.29 is 31.2 Å². The number of hydrogen-bond acceptors (Lipinski definition) is 4. The normalized spacial score (nSPS) is 12.8. The number of sulfonamides is 1. The minimum atomic E-state index is -4.74. The van der Waals surface area contributed by atoms with Crippen molar-refractivity contribution in [1.82, 2.24) is 10.2 Å². The van der Waals surface area contributed by atoms with Gasteiger partial charge in [-0.1, -0.05) is 61.0 Å². The Morgan fingerprint density at radius 2 is 1.53 bits per heavy atom. The molecule has 0 spiro atoms. The highest BCUT2D eigenvalue weighted by molar-refractivity contribution is 7.92. The molecule has 0 radical (unpaired) electrons.